The molecule has 0 atom stereocenters. The molecule has 18 heavy (non-hydrogen) atoms. The van der Waals surface area contributed by atoms with Crippen LogP contribution in [-0.4, -0.2) is 32.6 Å². The lowest BCUT2D eigenvalue weighted by atomic mass is 9.82. The van der Waals surface area contributed by atoms with Gasteiger partial charge in [0.05, 0.1) is 17.2 Å². The first-order chi connectivity index (χ1) is 8.31. The molecule has 1 aliphatic rings. The highest BCUT2D eigenvalue weighted by molar-refractivity contribution is 5.66. The van der Waals surface area contributed by atoms with Crippen LogP contribution in [0.15, 0.2) is 12.3 Å². The molecule has 1 N–H and O–H groups in total. The lowest BCUT2D eigenvalue weighted by Crippen LogP contribution is -2.45. The van der Waals surface area contributed by atoms with Crippen LogP contribution in [-0.2, 0) is 12.0 Å². The van der Waals surface area contributed by atoms with Crippen molar-refractivity contribution >= 4 is 11.8 Å². The molecule has 1 amide bonds. The van der Waals surface area contributed by atoms with Gasteiger partial charge in [-0.1, -0.05) is 13.8 Å². The summed E-state index contributed by atoms with van der Waals surface area (Å²) in [4.78, 5) is 26.6. The normalized spacial score (nSPS) is 17.1. The molecule has 0 spiro atoms. The molecule has 0 saturated heterocycles. The standard InChI is InChI=1S/C11H13N3O4/c1-11(2)6-13(10(15)16)5-7-3-8(14(17)18)4-12-9(7)11/h3-4H,5-6H2,1-2H3,(H,15,16). The zero-order chi connectivity index (χ0) is 13.5. The lowest BCUT2D eigenvalue weighted by Gasteiger charge is -2.37. The van der Waals surface area contributed by atoms with Crippen molar-refractivity contribution in [3.8, 4) is 0 Å². The third-order valence-electron chi connectivity index (χ3n) is 3.02. The Balaban J connectivity index is 2.49. The first-order valence-corrected chi connectivity index (χ1v) is 5.43. The second kappa shape index (κ2) is 3.94. The summed E-state index contributed by atoms with van der Waals surface area (Å²) in [7, 11) is 0. The predicted molar refractivity (Wildman–Crippen MR) is 62.4 cm³/mol. The largest absolute Gasteiger partial charge is 0.465 e. The molecule has 1 aromatic heterocycles. The number of nitrogens with zero attached hydrogens (tertiary/aromatic N) is 3. The van der Waals surface area contributed by atoms with Gasteiger partial charge in [-0.2, -0.15) is 0 Å². The van der Waals surface area contributed by atoms with Gasteiger partial charge in [-0.05, 0) is 0 Å². The molecular formula is C11H13N3O4. The molecule has 2 heterocycles. The van der Waals surface area contributed by atoms with Gasteiger partial charge in [-0.15, -0.1) is 0 Å². The van der Waals surface area contributed by atoms with Gasteiger partial charge in [0.15, 0.2) is 0 Å². The number of hydrogen-bond acceptors (Lipinski definition) is 4. The second-order valence-corrected chi connectivity index (χ2v) is 4.98. The molecule has 7 heteroatoms. The molecule has 7 nitrogen and oxygen atoms in total. The average molecular weight is 251 g/mol. The summed E-state index contributed by atoms with van der Waals surface area (Å²) in [5.74, 6) is 0. The number of hydrogen-bond donors (Lipinski definition) is 1. The molecule has 1 aliphatic heterocycles. The van der Waals surface area contributed by atoms with E-state index in [2.05, 4.69) is 4.98 Å². The summed E-state index contributed by atoms with van der Waals surface area (Å²) in [6, 6.07) is 1.40. The number of amides is 1. The summed E-state index contributed by atoms with van der Waals surface area (Å²) in [6.07, 6.45) is 0.192. The second-order valence-electron chi connectivity index (χ2n) is 4.98. The van der Waals surface area contributed by atoms with Crippen molar-refractivity contribution < 1.29 is 14.8 Å². The van der Waals surface area contributed by atoms with Gasteiger partial charge in [-0.25, -0.2) is 4.79 Å². The van der Waals surface area contributed by atoms with E-state index in [4.69, 9.17) is 5.11 Å². The van der Waals surface area contributed by atoms with Crippen molar-refractivity contribution in [3.63, 3.8) is 0 Å². The molecule has 0 aliphatic carbocycles. The first-order valence-electron chi connectivity index (χ1n) is 5.43. The summed E-state index contributed by atoms with van der Waals surface area (Å²) in [5, 5.41) is 19.7. The fraction of sp³-hybridized carbons (Fsp3) is 0.455. The van der Waals surface area contributed by atoms with Crippen LogP contribution >= 0.6 is 0 Å². The number of rotatable bonds is 1. The zero-order valence-corrected chi connectivity index (χ0v) is 10.1. The van der Waals surface area contributed by atoms with E-state index in [1.807, 2.05) is 13.8 Å². The monoisotopic (exact) mass is 251 g/mol. The molecule has 0 aromatic carbocycles. The minimum Gasteiger partial charge on any atom is -0.465 e. The van der Waals surface area contributed by atoms with Gasteiger partial charge < -0.3 is 10.0 Å². The van der Waals surface area contributed by atoms with Crippen LogP contribution in [0.1, 0.15) is 25.1 Å². The van der Waals surface area contributed by atoms with Crippen LogP contribution in [0.4, 0.5) is 10.5 Å². The van der Waals surface area contributed by atoms with Gasteiger partial charge in [0.1, 0.15) is 6.20 Å². The minimum atomic E-state index is -1.03. The van der Waals surface area contributed by atoms with Crippen LogP contribution in [0.2, 0.25) is 0 Å². The SMILES string of the molecule is CC1(C)CN(C(=O)O)Cc2cc([N+](=O)[O-])cnc21. The van der Waals surface area contributed by atoms with Crippen molar-refractivity contribution in [2.45, 2.75) is 25.8 Å². The Morgan fingerprint density at radius 3 is 2.83 bits per heavy atom. The highest BCUT2D eigenvalue weighted by Gasteiger charge is 2.36. The number of carbonyl (C=O) groups is 1. The van der Waals surface area contributed by atoms with E-state index in [1.54, 1.807) is 0 Å². The minimum absolute atomic E-state index is 0.114. The van der Waals surface area contributed by atoms with Crippen molar-refractivity contribution in [3.05, 3.63) is 33.6 Å². The highest BCUT2D eigenvalue weighted by Crippen LogP contribution is 2.33. The Morgan fingerprint density at radius 2 is 2.28 bits per heavy atom. The van der Waals surface area contributed by atoms with Crippen molar-refractivity contribution in [2.24, 2.45) is 0 Å². The van der Waals surface area contributed by atoms with Crippen molar-refractivity contribution in [1.29, 1.82) is 0 Å². The Morgan fingerprint density at radius 1 is 1.61 bits per heavy atom. The number of carboxylic acid groups (broad SMARTS) is 1. The Kier molecular flexibility index (Phi) is 2.68. The van der Waals surface area contributed by atoms with E-state index < -0.39 is 16.4 Å². The van der Waals surface area contributed by atoms with E-state index in [-0.39, 0.29) is 12.2 Å². The molecule has 0 fully saturated rings. The van der Waals surface area contributed by atoms with Crippen LogP contribution in [0.5, 0.6) is 0 Å². The number of nitro groups is 1. The Labute approximate surface area is 103 Å². The van der Waals surface area contributed by atoms with E-state index in [0.717, 1.165) is 5.69 Å². The van der Waals surface area contributed by atoms with Gasteiger partial charge >= 0.3 is 6.09 Å². The topological polar surface area (TPSA) is 96.6 Å². The van der Waals surface area contributed by atoms with Crippen LogP contribution < -0.4 is 0 Å². The quantitative estimate of drug-likeness (QED) is 0.606. The van der Waals surface area contributed by atoms with Crippen LogP contribution in [0, 0.1) is 10.1 Å². The molecule has 0 saturated carbocycles. The van der Waals surface area contributed by atoms with Gasteiger partial charge in [0.25, 0.3) is 5.69 Å². The molecule has 2 rings (SSSR count). The Bertz CT molecular complexity index is 527. The van der Waals surface area contributed by atoms with E-state index in [9.17, 15) is 14.9 Å². The highest BCUT2D eigenvalue weighted by atomic mass is 16.6. The van der Waals surface area contributed by atoms with Crippen molar-refractivity contribution in [2.75, 3.05) is 6.54 Å². The maximum absolute atomic E-state index is 11.0. The van der Waals surface area contributed by atoms with Crippen LogP contribution in [0.25, 0.3) is 0 Å². The summed E-state index contributed by atoms with van der Waals surface area (Å²) < 4.78 is 0. The number of pyridine rings is 1. The van der Waals surface area contributed by atoms with Crippen molar-refractivity contribution in [1.82, 2.24) is 9.88 Å². The molecule has 0 unspecified atom stereocenters. The fourth-order valence-electron chi connectivity index (χ4n) is 2.28. The summed E-state index contributed by atoms with van der Waals surface area (Å²) >= 11 is 0. The van der Waals surface area contributed by atoms with Gasteiger partial charge in [0, 0.05) is 23.6 Å². The van der Waals surface area contributed by atoms with Crippen LogP contribution in [0.3, 0.4) is 0 Å². The number of fused-ring (bicyclic) bond motifs is 1. The van der Waals surface area contributed by atoms with Gasteiger partial charge in [0.2, 0.25) is 0 Å². The third-order valence-corrected chi connectivity index (χ3v) is 3.02. The zero-order valence-electron chi connectivity index (χ0n) is 10.1. The van der Waals surface area contributed by atoms with E-state index >= 15 is 0 Å². The average Bonchev–Trinajstić information content (AvgIpc) is 2.27. The lowest BCUT2D eigenvalue weighted by molar-refractivity contribution is -0.385. The maximum Gasteiger partial charge on any atom is 0.407 e. The summed E-state index contributed by atoms with van der Waals surface area (Å²) in [6.45, 7) is 4.22. The molecule has 0 radical (unpaired) electrons. The fourth-order valence-corrected chi connectivity index (χ4v) is 2.28. The van der Waals surface area contributed by atoms with E-state index in [0.29, 0.717) is 12.1 Å². The van der Waals surface area contributed by atoms with Gasteiger partial charge in [-0.3, -0.25) is 15.1 Å². The first kappa shape index (κ1) is 12.3. The smallest absolute Gasteiger partial charge is 0.407 e. The third kappa shape index (κ3) is 1.99. The molecule has 1 aromatic rings. The van der Waals surface area contributed by atoms with E-state index in [1.165, 1.54) is 17.2 Å². The Hall–Kier alpha value is -2.18. The predicted octanol–water partition coefficient (Wildman–Crippen LogP) is 1.76. The maximum atomic E-state index is 11.0. The molecule has 96 valence electrons. The molecular weight excluding hydrogens is 238 g/mol. The number of aromatic nitrogens is 1. The summed E-state index contributed by atoms with van der Waals surface area (Å²) in [5.41, 5.74) is 0.770. The molecule has 0 bridgehead atoms.